The highest BCUT2D eigenvalue weighted by Crippen LogP contribution is 1.81. The Morgan fingerprint density at radius 1 is 1.20 bits per heavy atom. The average Bonchev–Trinajstić information content (AvgIpc) is 0.722. The molecule has 0 atom stereocenters. The van der Waals surface area contributed by atoms with Crippen molar-refractivity contribution in [3.8, 4) is 0 Å². The highest BCUT2D eigenvalue weighted by atomic mass is 15.5. The molecule has 0 spiro atoms. The lowest BCUT2D eigenvalue weighted by Gasteiger charge is -2.26. The summed E-state index contributed by atoms with van der Waals surface area (Å²) in [5.41, 5.74) is 0. The van der Waals surface area contributed by atoms with Gasteiger partial charge in [0.25, 0.3) is 0 Å². The maximum Gasteiger partial charge on any atom is 0.0587 e. The molecule has 0 aliphatic carbocycles. The predicted molar refractivity (Wildman–Crippen MR) is 22.4 cm³/mol. The minimum absolute atomic E-state index is 0.250. The van der Waals surface area contributed by atoms with E-state index in [0.29, 0.717) is 0 Å². The Labute approximate surface area is 32.7 Å². The molecule has 32 valence electrons. The summed E-state index contributed by atoms with van der Waals surface area (Å²) in [5, 5.41) is 0. The van der Waals surface area contributed by atoms with Gasteiger partial charge in [0.15, 0.2) is 0 Å². The molecule has 0 bridgehead atoms. The Morgan fingerprint density at radius 2 is 1.20 bits per heavy atom. The molecule has 1 N–H and O–H groups in total. The SMILES string of the molecule is C[N+](C)(C)[NH-]. The first-order valence-electron chi connectivity index (χ1n) is 1.57. The summed E-state index contributed by atoms with van der Waals surface area (Å²) in [6, 6.07) is 0. The first-order chi connectivity index (χ1) is 2.00. The fourth-order valence-corrected chi connectivity index (χ4v) is 0. The van der Waals surface area contributed by atoms with Crippen molar-refractivity contribution in [1.82, 2.24) is 0 Å². The summed E-state index contributed by atoms with van der Waals surface area (Å²) in [6.07, 6.45) is 0. The summed E-state index contributed by atoms with van der Waals surface area (Å²) in [4.78, 5) is 0. The van der Waals surface area contributed by atoms with Gasteiger partial charge in [-0.25, -0.2) is 0 Å². The van der Waals surface area contributed by atoms with E-state index >= 15 is 0 Å². The van der Waals surface area contributed by atoms with E-state index in [2.05, 4.69) is 0 Å². The van der Waals surface area contributed by atoms with E-state index in [1.165, 1.54) is 0 Å². The number of quaternary nitrogens is 1. The lowest BCUT2D eigenvalue weighted by Crippen LogP contribution is -2.22. The molecule has 0 aromatic rings. The molecule has 0 amide bonds. The average molecular weight is 74.1 g/mol. The first-order valence-corrected chi connectivity index (χ1v) is 1.57. The number of nitrogens with one attached hydrogen (secondary N) is 1. The van der Waals surface area contributed by atoms with Crippen molar-refractivity contribution >= 4 is 0 Å². The van der Waals surface area contributed by atoms with E-state index in [0.717, 1.165) is 0 Å². The molecule has 0 aromatic carbocycles. The van der Waals surface area contributed by atoms with Crippen molar-refractivity contribution in [1.29, 1.82) is 0 Å². The molecule has 5 heavy (non-hydrogen) atoms. The van der Waals surface area contributed by atoms with E-state index < -0.39 is 0 Å². The third-order valence-electron chi connectivity index (χ3n) is 0. The van der Waals surface area contributed by atoms with Gasteiger partial charge < -0.3 is 10.4 Å². The van der Waals surface area contributed by atoms with Crippen LogP contribution in [0, 0.1) is 0 Å². The van der Waals surface area contributed by atoms with Gasteiger partial charge in [-0.1, -0.05) is 0 Å². The second-order valence-corrected chi connectivity index (χ2v) is 2.01. The van der Waals surface area contributed by atoms with Crippen LogP contribution in [-0.2, 0) is 0 Å². The van der Waals surface area contributed by atoms with Crippen molar-refractivity contribution < 1.29 is 4.59 Å². The van der Waals surface area contributed by atoms with Gasteiger partial charge >= 0.3 is 0 Å². The molecular weight excluding hydrogens is 64.0 g/mol. The second-order valence-electron chi connectivity index (χ2n) is 2.01. The fraction of sp³-hybridized carbons (Fsp3) is 1.00. The molecule has 2 heteroatoms. The maximum absolute atomic E-state index is 6.88. The standard InChI is InChI=1S/C3H10N2/c1-5(2,3)4/h4H,1-3H3. The number of hydrogen-bond acceptors (Lipinski definition) is 0. The van der Waals surface area contributed by atoms with Crippen LogP contribution in [0.25, 0.3) is 5.84 Å². The third-order valence-corrected chi connectivity index (χ3v) is 0. The molecule has 0 fully saturated rings. The van der Waals surface area contributed by atoms with Gasteiger partial charge in [0.2, 0.25) is 0 Å². The number of hydrogen-bond donors (Lipinski definition) is 0. The highest BCUT2D eigenvalue weighted by Gasteiger charge is 1.78. The Balaban J connectivity index is 3.02. The van der Waals surface area contributed by atoms with Crippen LogP contribution < -0.4 is 0 Å². The molecule has 0 aliphatic heterocycles. The van der Waals surface area contributed by atoms with Crippen LogP contribution in [0.4, 0.5) is 0 Å². The summed E-state index contributed by atoms with van der Waals surface area (Å²) in [7, 11) is 5.38. The van der Waals surface area contributed by atoms with Crippen molar-refractivity contribution in [2.75, 3.05) is 21.1 Å². The topological polar surface area (TPSA) is 23.8 Å². The summed E-state index contributed by atoms with van der Waals surface area (Å²) in [5.74, 6) is 6.88. The largest absolute Gasteiger partial charge is 0.468 e. The maximum atomic E-state index is 6.88. The normalized spacial score (nSPS) is 12.0. The molecule has 0 aliphatic rings. The molecule has 0 radical (unpaired) electrons. The molecular formula is C3H10N2. The molecule has 0 saturated heterocycles. The van der Waals surface area contributed by atoms with Gasteiger partial charge in [0.05, 0.1) is 21.1 Å². The van der Waals surface area contributed by atoms with Gasteiger partial charge in [0.1, 0.15) is 0 Å². The Morgan fingerprint density at radius 3 is 1.20 bits per heavy atom. The van der Waals surface area contributed by atoms with Crippen LogP contribution in [0.2, 0.25) is 0 Å². The van der Waals surface area contributed by atoms with Crippen molar-refractivity contribution in [2.45, 2.75) is 0 Å². The third kappa shape index (κ3) is 2260. The Hall–Kier alpha value is -0.0800. The first kappa shape index (κ1) is 4.92. The Kier molecular flexibility index (Phi) is 0.938. The summed E-state index contributed by atoms with van der Waals surface area (Å²) in [6.45, 7) is 0. The van der Waals surface area contributed by atoms with Gasteiger partial charge in [-0.05, 0) is 0 Å². The van der Waals surface area contributed by atoms with E-state index in [1.807, 2.05) is 0 Å². The smallest absolute Gasteiger partial charge is 0.0587 e. The van der Waals surface area contributed by atoms with Gasteiger partial charge in [0, 0.05) is 0 Å². The van der Waals surface area contributed by atoms with E-state index in [-0.39, 0.29) is 4.59 Å². The minimum Gasteiger partial charge on any atom is -0.468 e. The van der Waals surface area contributed by atoms with Crippen LogP contribution in [0.1, 0.15) is 0 Å². The van der Waals surface area contributed by atoms with E-state index in [1.54, 1.807) is 21.1 Å². The van der Waals surface area contributed by atoms with Crippen molar-refractivity contribution in [2.24, 2.45) is 0 Å². The van der Waals surface area contributed by atoms with Gasteiger partial charge in [-0.15, -0.1) is 0 Å². The van der Waals surface area contributed by atoms with E-state index in [4.69, 9.17) is 5.84 Å². The van der Waals surface area contributed by atoms with Crippen LogP contribution in [0.15, 0.2) is 0 Å². The zero-order valence-electron chi connectivity index (χ0n) is 3.95. The fourth-order valence-electron chi connectivity index (χ4n) is 0. The van der Waals surface area contributed by atoms with Crippen LogP contribution in [-0.4, -0.2) is 25.7 Å². The molecule has 0 aromatic heterocycles. The second kappa shape index (κ2) is 0.954. The van der Waals surface area contributed by atoms with Crippen molar-refractivity contribution in [3.05, 3.63) is 5.84 Å². The monoisotopic (exact) mass is 74.1 g/mol. The minimum atomic E-state index is 0.250. The number of nitrogens with zero attached hydrogens (tertiary/aromatic N) is 1. The predicted octanol–water partition coefficient (Wildman–Crippen LogP) is 0.660. The van der Waals surface area contributed by atoms with E-state index in [9.17, 15) is 0 Å². The zero-order chi connectivity index (χ0) is 4.50. The Bertz CT molecular complexity index is 20.4. The van der Waals surface area contributed by atoms with Crippen LogP contribution in [0.3, 0.4) is 0 Å². The quantitative estimate of drug-likeness (QED) is 0.298. The lowest BCUT2D eigenvalue weighted by molar-refractivity contribution is -0.818. The molecule has 0 rings (SSSR count). The summed E-state index contributed by atoms with van der Waals surface area (Å²) >= 11 is 0. The molecule has 0 unspecified atom stereocenters. The van der Waals surface area contributed by atoms with Crippen molar-refractivity contribution in [3.63, 3.8) is 0 Å². The molecule has 0 saturated carbocycles. The zero-order valence-corrected chi connectivity index (χ0v) is 3.95. The molecule has 2 nitrogen and oxygen atoms in total. The number of rotatable bonds is 0. The van der Waals surface area contributed by atoms with Gasteiger partial charge in [-0.2, -0.15) is 0 Å². The molecule has 0 heterocycles. The lowest BCUT2D eigenvalue weighted by atomic mass is 10.9. The van der Waals surface area contributed by atoms with Gasteiger partial charge in [-0.3, -0.25) is 0 Å². The summed E-state index contributed by atoms with van der Waals surface area (Å²) < 4.78 is 0.250. The van der Waals surface area contributed by atoms with Crippen LogP contribution >= 0.6 is 0 Å². The van der Waals surface area contributed by atoms with Crippen LogP contribution in [0.5, 0.6) is 0 Å². The highest BCUT2D eigenvalue weighted by molar-refractivity contribution is 4.05.